The number of rotatable bonds is 6. The highest BCUT2D eigenvalue weighted by Crippen LogP contribution is 2.40. The largest absolute Gasteiger partial charge is 0.491 e. The van der Waals surface area contributed by atoms with Gasteiger partial charge in [-0.2, -0.15) is 0 Å². The molecule has 1 N–H and O–H groups in total. The zero-order chi connectivity index (χ0) is 23.1. The fraction of sp³-hybridized carbons (Fsp3) is 0.192. The molecule has 1 aliphatic heterocycles. The van der Waals surface area contributed by atoms with Crippen molar-refractivity contribution in [1.29, 1.82) is 0 Å². The van der Waals surface area contributed by atoms with E-state index in [1.807, 2.05) is 62.4 Å². The Labute approximate surface area is 195 Å². The number of benzene rings is 3. The van der Waals surface area contributed by atoms with Gasteiger partial charge < -0.3 is 23.9 Å². The minimum Gasteiger partial charge on any atom is -0.491 e. The molecule has 168 valence electrons. The van der Waals surface area contributed by atoms with E-state index in [0.717, 1.165) is 22.0 Å². The van der Waals surface area contributed by atoms with Crippen molar-refractivity contribution in [2.45, 2.75) is 26.5 Å². The summed E-state index contributed by atoms with van der Waals surface area (Å²) in [4.78, 5) is 12.6. The number of hydrogen-bond acceptors (Lipinski definition) is 4. The average molecular weight is 464 g/mol. The van der Waals surface area contributed by atoms with E-state index < -0.39 is 5.97 Å². The Balaban J connectivity index is 1.75. The van der Waals surface area contributed by atoms with Crippen LogP contribution in [0.2, 0.25) is 5.02 Å². The summed E-state index contributed by atoms with van der Waals surface area (Å²) in [5, 5.41) is 11.6. The second-order valence-corrected chi connectivity index (χ2v) is 8.53. The molecule has 6 nitrogen and oxygen atoms in total. The fourth-order valence-corrected chi connectivity index (χ4v) is 4.43. The van der Waals surface area contributed by atoms with Crippen molar-refractivity contribution in [3.8, 4) is 28.4 Å². The zero-order valence-corrected chi connectivity index (χ0v) is 18.9. The lowest BCUT2D eigenvalue weighted by Gasteiger charge is -2.12. The van der Waals surface area contributed by atoms with Crippen LogP contribution >= 0.6 is 11.6 Å². The lowest BCUT2D eigenvalue weighted by atomic mass is 10.0. The summed E-state index contributed by atoms with van der Waals surface area (Å²) in [5.74, 6) is 0.844. The summed E-state index contributed by atoms with van der Waals surface area (Å²) in [7, 11) is 0. The van der Waals surface area contributed by atoms with Gasteiger partial charge in [-0.15, -0.1) is 0 Å². The van der Waals surface area contributed by atoms with Crippen molar-refractivity contribution in [3.63, 3.8) is 0 Å². The molecule has 0 spiro atoms. The van der Waals surface area contributed by atoms with Crippen molar-refractivity contribution in [2.24, 2.45) is 0 Å². The molecule has 0 unspecified atom stereocenters. The molecular formula is C26H22ClNO5. The quantitative estimate of drug-likeness (QED) is 0.367. The van der Waals surface area contributed by atoms with Gasteiger partial charge in [0.15, 0.2) is 11.5 Å². The lowest BCUT2D eigenvalue weighted by molar-refractivity contribution is 0.0687. The van der Waals surface area contributed by atoms with Crippen LogP contribution < -0.4 is 14.2 Å². The third-order valence-corrected chi connectivity index (χ3v) is 5.89. The number of aromatic nitrogens is 1. The van der Waals surface area contributed by atoms with Gasteiger partial charge in [0.2, 0.25) is 6.79 Å². The van der Waals surface area contributed by atoms with Gasteiger partial charge in [-0.25, -0.2) is 4.79 Å². The van der Waals surface area contributed by atoms with Crippen LogP contribution in [0, 0.1) is 0 Å². The van der Waals surface area contributed by atoms with E-state index in [-0.39, 0.29) is 25.1 Å². The van der Waals surface area contributed by atoms with Crippen LogP contribution in [-0.4, -0.2) is 28.5 Å². The van der Waals surface area contributed by atoms with Crippen molar-refractivity contribution in [1.82, 2.24) is 4.57 Å². The lowest BCUT2D eigenvalue weighted by Crippen LogP contribution is -2.11. The molecule has 33 heavy (non-hydrogen) atoms. The van der Waals surface area contributed by atoms with Crippen LogP contribution in [0.25, 0.3) is 22.0 Å². The van der Waals surface area contributed by atoms with Gasteiger partial charge in [0, 0.05) is 27.6 Å². The highest BCUT2D eigenvalue weighted by atomic mass is 35.5. The SMILES string of the molecule is CC(C)Oc1ccc2c(c1)c(-c1ccccc1)c(C(=O)O)n2Cc1cc2c(cc1Cl)OCO2. The van der Waals surface area contributed by atoms with Crippen LogP contribution in [-0.2, 0) is 6.54 Å². The highest BCUT2D eigenvalue weighted by molar-refractivity contribution is 6.31. The summed E-state index contributed by atoms with van der Waals surface area (Å²) in [6.07, 6.45) is -0.00362. The first kappa shape index (κ1) is 21.2. The minimum absolute atomic E-state index is 0.00362. The Bertz CT molecular complexity index is 1360. The van der Waals surface area contributed by atoms with Crippen LogP contribution in [0.4, 0.5) is 0 Å². The Morgan fingerprint density at radius 2 is 1.82 bits per heavy atom. The molecule has 0 saturated heterocycles. The number of aromatic carboxylic acids is 1. The van der Waals surface area contributed by atoms with Gasteiger partial charge in [0.25, 0.3) is 0 Å². The van der Waals surface area contributed by atoms with E-state index in [2.05, 4.69) is 0 Å². The molecule has 0 atom stereocenters. The Morgan fingerprint density at radius 1 is 1.09 bits per heavy atom. The van der Waals surface area contributed by atoms with Gasteiger partial charge >= 0.3 is 5.97 Å². The van der Waals surface area contributed by atoms with Gasteiger partial charge in [0.05, 0.1) is 12.6 Å². The molecule has 3 aromatic carbocycles. The molecule has 0 saturated carbocycles. The molecule has 1 aromatic heterocycles. The predicted octanol–water partition coefficient (Wildman–Crippen LogP) is 6.22. The number of hydrogen-bond donors (Lipinski definition) is 1. The predicted molar refractivity (Wildman–Crippen MR) is 127 cm³/mol. The maximum absolute atomic E-state index is 12.6. The molecule has 2 heterocycles. The van der Waals surface area contributed by atoms with E-state index in [1.54, 1.807) is 16.7 Å². The third kappa shape index (κ3) is 3.87. The number of carbonyl (C=O) groups is 1. The Morgan fingerprint density at radius 3 is 2.52 bits per heavy atom. The molecular weight excluding hydrogens is 442 g/mol. The molecule has 4 aromatic rings. The molecule has 0 fully saturated rings. The molecule has 0 bridgehead atoms. The molecule has 5 rings (SSSR count). The van der Waals surface area contributed by atoms with Crippen molar-refractivity contribution in [3.05, 3.63) is 76.9 Å². The van der Waals surface area contributed by atoms with E-state index in [4.69, 9.17) is 25.8 Å². The molecule has 7 heteroatoms. The molecule has 0 amide bonds. The highest BCUT2D eigenvalue weighted by Gasteiger charge is 2.25. The topological polar surface area (TPSA) is 69.9 Å². The fourth-order valence-electron chi connectivity index (χ4n) is 4.21. The summed E-state index contributed by atoms with van der Waals surface area (Å²) < 4.78 is 18.6. The second kappa shape index (κ2) is 8.37. The van der Waals surface area contributed by atoms with Crippen molar-refractivity contribution in [2.75, 3.05) is 6.79 Å². The van der Waals surface area contributed by atoms with Crippen LogP contribution in [0.15, 0.2) is 60.7 Å². The summed E-state index contributed by atoms with van der Waals surface area (Å²) in [6, 6.07) is 18.7. The third-order valence-electron chi connectivity index (χ3n) is 5.54. The van der Waals surface area contributed by atoms with E-state index in [9.17, 15) is 9.90 Å². The second-order valence-electron chi connectivity index (χ2n) is 8.12. The number of nitrogens with zero attached hydrogens (tertiary/aromatic N) is 1. The standard InChI is InChI=1S/C26H22ClNO5/c1-15(2)33-18-8-9-21-19(11-18)24(16-6-4-3-5-7-16)25(26(29)30)28(21)13-17-10-22-23(12-20(17)27)32-14-31-22/h3-12,15H,13-14H2,1-2H3,(H,29,30). The maximum atomic E-state index is 12.6. The first-order valence-electron chi connectivity index (χ1n) is 10.6. The normalized spacial score (nSPS) is 12.5. The van der Waals surface area contributed by atoms with Crippen molar-refractivity contribution >= 4 is 28.5 Å². The first-order valence-corrected chi connectivity index (χ1v) is 11.0. The summed E-state index contributed by atoms with van der Waals surface area (Å²) >= 11 is 6.53. The summed E-state index contributed by atoms with van der Waals surface area (Å²) in [6.45, 7) is 4.30. The van der Waals surface area contributed by atoms with Gasteiger partial charge in [-0.05, 0) is 49.2 Å². The molecule has 1 aliphatic rings. The van der Waals surface area contributed by atoms with E-state index in [0.29, 0.717) is 27.8 Å². The van der Waals surface area contributed by atoms with Crippen LogP contribution in [0.1, 0.15) is 29.9 Å². The number of halogens is 1. The van der Waals surface area contributed by atoms with Gasteiger partial charge in [-0.1, -0.05) is 41.9 Å². The van der Waals surface area contributed by atoms with E-state index >= 15 is 0 Å². The number of carboxylic acids is 1. The number of ether oxygens (including phenoxy) is 3. The summed E-state index contributed by atoms with van der Waals surface area (Å²) in [5.41, 5.74) is 3.16. The monoisotopic (exact) mass is 463 g/mol. The maximum Gasteiger partial charge on any atom is 0.353 e. The van der Waals surface area contributed by atoms with Gasteiger partial charge in [0.1, 0.15) is 11.4 Å². The van der Waals surface area contributed by atoms with E-state index in [1.165, 1.54) is 0 Å². The first-order chi connectivity index (χ1) is 15.9. The Kier molecular flexibility index (Phi) is 5.38. The van der Waals surface area contributed by atoms with Crippen molar-refractivity contribution < 1.29 is 24.1 Å². The molecule has 0 radical (unpaired) electrons. The number of fused-ring (bicyclic) bond motifs is 2. The van der Waals surface area contributed by atoms with Crippen LogP contribution in [0.5, 0.6) is 17.2 Å². The zero-order valence-electron chi connectivity index (χ0n) is 18.2. The number of carboxylic acid groups (broad SMARTS) is 1. The smallest absolute Gasteiger partial charge is 0.353 e. The minimum atomic E-state index is -1.02. The van der Waals surface area contributed by atoms with Crippen LogP contribution in [0.3, 0.4) is 0 Å². The average Bonchev–Trinajstić information content (AvgIpc) is 3.36. The van der Waals surface area contributed by atoms with Gasteiger partial charge in [-0.3, -0.25) is 0 Å². The molecule has 0 aliphatic carbocycles. The Hall–Kier alpha value is -3.64.